The number of nitrogens with zero attached hydrogens (tertiary/aromatic N) is 5. The number of hydrogen-bond donors (Lipinski definition) is 1. The number of benzene rings is 4. The van der Waals surface area contributed by atoms with E-state index in [9.17, 15) is 56.7 Å². The van der Waals surface area contributed by atoms with Crippen LogP contribution >= 0.6 is 0 Å². The maximum atomic E-state index is 12.5. The molecular formula is C41H43K3N6O13S4. The van der Waals surface area contributed by atoms with Gasteiger partial charge in [0.1, 0.15) is 47.5 Å². The van der Waals surface area contributed by atoms with Crippen molar-refractivity contribution < 1.29 is 215 Å². The summed E-state index contributed by atoms with van der Waals surface area (Å²) in [6.07, 6.45) is 7.68. The number of allylic oxidation sites excluding steroid dienone is 4. The molecule has 1 N–H and O–H groups in total. The van der Waals surface area contributed by atoms with Gasteiger partial charge in [0.05, 0.1) is 25.0 Å². The van der Waals surface area contributed by atoms with Crippen LogP contribution in [-0.4, -0.2) is 94.8 Å². The summed E-state index contributed by atoms with van der Waals surface area (Å²) >= 11 is 0. The average molecular weight is 1070 g/mol. The third-order valence-corrected chi connectivity index (χ3v) is 15.0. The molecule has 19 nitrogen and oxygen atoms in total. The van der Waals surface area contributed by atoms with Crippen LogP contribution < -0.4 is 164 Å². The van der Waals surface area contributed by atoms with Crippen molar-refractivity contribution in [2.45, 2.75) is 90.2 Å². The van der Waals surface area contributed by atoms with Crippen molar-refractivity contribution in [3.63, 3.8) is 0 Å². The Morgan fingerprint density at radius 1 is 0.731 bits per heavy atom. The minimum Gasteiger partial charge on any atom is -0.744 e. The van der Waals surface area contributed by atoms with Gasteiger partial charge >= 0.3 is 154 Å². The normalized spacial score (nSPS) is 16.0. The molecule has 67 heavy (non-hydrogen) atoms. The summed E-state index contributed by atoms with van der Waals surface area (Å²) in [5.41, 5.74) is 9.64. The van der Waals surface area contributed by atoms with Crippen LogP contribution in [0.3, 0.4) is 0 Å². The van der Waals surface area contributed by atoms with Crippen LogP contribution in [0.15, 0.2) is 97.2 Å². The Morgan fingerprint density at radius 3 is 1.79 bits per heavy atom. The predicted molar refractivity (Wildman–Crippen MR) is 231 cm³/mol. The quantitative estimate of drug-likeness (QED) is 0.0215. The van der Waals surface area contributed by atoms with E-state index in [2.05, 4.69) is 15.3 Å². The molecule has 0 atom stereocenters. The Balaban J connectivity index is 0.00000397. The van der Waals surface area contributed by atoms with Crippen molar-refractivity contribution >= 4 is 85.0 Å². The van der Waals surface area contributed by atoms with Crippen LogP contribution in [0, 0.1) is 0 Å². The number of fused-ring (bicyclic) bond motifs is 6. The zero-order chi connectivity index (χ0) is 47.4. The van der Waals surface area contributed by atoms with Crippen LogP contribution in [0.5, 0.6) is 0 Å². The molecule has 342 valence electrons. The number of hydrogen-bond acceptors (Lipinski definition) is 15. The molecule has 0 unspecified atom stereocenters. The van der Waals surface area contributed by atoms with E-state index < -0.39 is 70.9 Å². The maximum absolute atomic E-state index is 12.5. The Hall–Kier alpha value is -0.321. The SMILES string of the molecule is C[N+]1=C(C=CC=C2N(CCCCCC(=O)NCCCN=[N+]=[N-])c3ccc4c(S(=O)(=O)[O-])cc(S(=O)(=O)[O-])cc4c3C2(C)C)C(C)(C)c2c1ccc1c(S(=O)(=O)[O-])cc(S(=O)(=O)[O-])cc21.[K+].[K+].[K+]. The topological polar surface area (TPSA) is 313 Å². The van der Waals surface area contributed by atoms with Crippen LogP contribution in [-0.2, 0) is 56.1 Å². The maximum Gasteiger partial charge on any atom is 1.00 e. The zero-order valence-electron chi connectivity index (χ0n) is 38.2. The van der Waals surface area contributed by atoms with Crippen molar-refractivity contribution in [1.82, 2.24) is 5.32 Å². The number of carbonyl (C=O) groups excluding carboxylic acids is 1. The smallest absolute Gasteiger partial charge is 0.744 e. The molecule has 0 aliphatic carbocycles. The van der Waals surface area contributed by atoms with Gasteiger partial charge in [-0.05, 0) is 103 Å². The van der Waals surface area contributed by atoms with E-state index >= 15 is 0 Å². The van der Waals surface area contributed by atoms with E-state index in [1.165, 1.54) is 12.1 Å². The standard InChI is InChI=1S/C41H46N6O13S4.3K/c1-40(2)35(46(5)31-16-14-27-29(38(31)40)21-25(61(49,50)51)23-33(27)63(55,56)57)11-9-12-36-41(3,4)39-30-22-26(62(52,53)54)24-34(64(58,59)60)28(30)15-17-32(39)47(36)20-8-6-7-13-37(48)43-18-10-19-44-45-42;;;/h9,11-12,14-17,21-24H,6-8,10,13,18-20H2,1-5H3,(H4-,43,48,49,50,51,52,53,54,55,56,57,58,59,60);;;/q;3*+1/p-3. The van der Waals surface area contributed by atoms with E-state index in [-0.39, 0.29) is 195 Å². The van der Waals surface area contributed by atoms with Crippen LogP contribution in [0.25, 0.3) is 32.0 Å². The molecule has 0 aromatic heterocycles. The molecule has 4 aromatic carbocycles. The van der Waals surface area contributed by atoms with Gasteiger partial charge in [0, 0.05) is 70.9 Å². The van der Waals surface area contributed by atoms with E-state index in [0.29, 0.717) is 84.8 Å². The number of azide groups is 1. The molecule has 2 aliphatic rings. The number of anilines is 1. The number of amides is 1. The van der Waals surface area contributed by atoms with Crippen LogP contribution in [0.2, 0.25) is 0 Å². The van der Waals surface area contributed by atoms with Crippen LogP contribution in [0.1, 0.15) is 70.9 Å². The largest absolute Gasteiger partial charge is 1.00 e. The van der Waals surface area contributed by atoms with Gasteiger partial charge in [-0.2, -0.15) is 4.58 Å². The van der Waals surface area contributed by atoms with Gasteiger partial charge in [-0.15, -0.1) is 0 Å². The second-order valence-corrected chi connectivity index (χ2v) is 21.9. The zero-order valence-corrected chi connectivity index (χ0v) is 50.8. The number of nitrogens with one attached hydrogen (secondary N) is 1. The average Bonchev–Trinajstić information content (AvgIpc) is 3.52. The summed E-state index contributed by atoms with van der Waals surface area (Å²) in [4.78, 5) is 13.5. The number of unbranched alkanes of at least 4 members (excludes halogenated alkanes) is 2. The molecular weight excluding hydrogens is 1030 g/mol. The molecule has 0 radical (unpaired) electrons. The summed E-state index contributed by atoms with van der Waals surface area (Å²) in [7, 11) is -19.2. The van der Waals surface area contributed by atoms with Gasteiger partial charge < -0.3 is 28.4 Å². The second kappa shape index (κ2) is 23.3. The van der Waals surface area contributed by atoms with Crippen molar-refractivity contribution in [2.75, 3.05) is 31.6 Å². The van der Waals surface area contributed by atoms with Gasteiger partial charge in [0.15, 0.2) is 5.71 Å². The van der Waals surface area contributed by atoms with Gasteiger partial charge in [-0.25, -0.2) is 33.7 Å². The van der Waals surface area contributed by atoms with E-state index in [0.717, 1.165) is 12.1 Å². The fourth-order valence-corrected chi connectivity index (χ4v) is 11.5. The van der Waals surface area contributed by atoms with E-state index in [4.69, 9.17) is 5.53 Å². The first-order valence-corrected chi connectivity index (χ1v) is 25.4. The van der Waals surface area contributed by atoms with Gasteiger partial charge in [0.2, 0.25) is 11.6 Å². The Labute approximate surface area is 517 Å². The fraction of sp³-hybridized carbons (Fsp3) is 0.366. The number of carbonyl (C=O) groups is 1. The van der Waals surface area contributed by atoms with Crippen molar-refractivity contribution in [2.24, 2.45) is 5.11 Å². The molecule has 0 saturated heterocycles. The number of rotatable bonds is 16. The molecule has 4 aromatic rings. The third kappa shape index (κ3) is 13.1. The molecule has 2 heterocycles. The molecule has 0 fully saturated rings. The molecule has 26 heteroatoms. The predicted octanol–water partition coefficient (Wildman–Crippen LogP) is -3.76. The molecule has 2 aliphatic heterocycles. The van der Waals surface area contributed by atoms with Crippen molar-refractivity contribution in [3.8, 4) is 0 Å². The minimum absolute atomic E-state index is 0. The Bertz CT molecular complexity index is 3260. The first-order chi connectivity index (χ1) is 29.6. The van der Waals surface area contributed by atoms with Crippen molar-refractivity contribution in [3.05, 3.63) is 94.0 Å². The van der Waals surface area contributed by atoms with Gasteiger partial charge in [-0.1, -0.05) is 37.5 Å². The summed E-state index contributed by atoms with van der Waals surface area (Å²) in [6, 6.07) is 9.21. The fourth-order valence-electron chi connectivity index (χ4n) is 8.85. The second-order valence-electron chi connectivity index (χ2n) is 16.5. The summed E-state index contributed by atoms with van der Waals surface area (Å²) in [5.74, 6) is -0.168. The molecule has 0 spiro atoms. The van der Waals surface area contributed by atoms with Crippen molar-refractivity contribution in [1.29, 1.82) is 0 Å². The molecule has 6 rings (SSSR count). The third-order valence-electron chi connectivity index (χ3n) is 11.7. The molecule has 0 bridgehead atoms. The summed E-state index contributed by atoms with van der Waals surface area (Å²) < 4.78 is 150. The van der Waals surface area contributed by atoms with Gasteiger partial charge in [-0.3, -0.25) is 4.79 Å². The van der Waals surface area contributed by atoms with E-state index in [1.54, 1.807) is 55.8 Å². The minimum atomic E-state index is -5.27. The first kappa shape index (κ1) is 61.0. The summed E-state index contributed by atoms with van der Waals surface area (Å²) in [6.45, 7) is 8.18. The van der Waals surface area contributed by atoms with E-state index in [1.807, 2.05) is 18.7 Å². The Morgan fingerprint density at radius 2 is 1.27 bits per heavy atom. The molecule has 1 amide bonds. The van der Waals surface area contributed by atoms with Gasteiger partial charge in [0.25, 0.3) is 0 Å². The Kier molecular flexibility index (Phi) is 21.2. The summed E-state index contributed by atoms with van der Waals surface area (Å²) in [5, 5.41) is 6.22. The first-order valence-electron chi connectivity index (χ1n) is 19.7. The molecule has 0 saturated carbocycles. The monoisotopic (exact) mass is 1070 g/mol. The van der Waals surface area contributed by atoms with Crippen LogP contribution in [0.4, 0.5) is 11.4 Å².